The molecule has 1 aromatic carbocycles. The van der Waals surface area contributed by atoms with Gasteiger partial charge in [-0.25, -0.2) is 19.4 Å². The summed E-state index contributed by atoms with van der Waals surface area (Å²) >= 11 is 0. The molecule has 0 saturated carbocycles. The van der Waals surface area contributed by atoms with Gasteiger partial charge in [-0.3, -0.25) is 0 Å². The molecule has 0 spiro atoms. The van der Waals surface area contributed by atoms with Crippen molar-refractivity contribution in [3.05, 3.63) is 48.4 Å². The van der Waals surface area contributed by atoms with E-state index in [1.54, 1.807) is 12.4 Å². The van der Waals surface area contributed by atoms with Gasteiger partial charge in [0, 0.05) is 31.0 Å². The summed E-state index contributed by atoms with van der Waals surface area (Å²) in [5.41, 5.74) is 9.78. The summed E-state index contributed by atoms with van der Waals surface area (Å²) < 4.78 is 33.6. The number of carbonyl (C=O) groups is 1. The summed E-state index contributed by atoms with van der Waals surface area (Å²) in [5, 5.41) is 21.3. The number of aryl methyl sites for hydroxylation is 1. The number of aromatic nitrogens is 4. The van der Waals surface area contributed by atoms with Gasteiger partial charge in [0.05, 0.1) is 23.7 Å². The smallest absolute Gasteiger partial charge is 0.475 e. The van der Waals surface area contributed by atoms with Gasteiger partial charge in [-0.2, -0.15) is 18.3 Å². The highest BCUT2D eigenvalue weighted by atomic mass is 19.4. The summed E-state index contributed by atoms with van der Waals surface area (Å²) in [7, 11) is 0. The molecule has 32 heavy (non-hydrogen) atoms. The van der Waals surface area contributed by atoms with Crippen LogP contribution in [0.5, 0.6) is 0 Å². The van der Waals surface area contributed by atoms with Crippen molar-refractivity contribution in [2.45, 2.75) is 25.6 Å². The maximum Gasteiger partial charge on any atom is 0.490 e. The molecule has 1 atom stereocenters. The molecule has 3 heterocycles. The van der Waals surface area contributed by atoms with Crippen LogP contribution in [0.3, 0.4) is 0 Å². The number of aliphatic hydroxyl groups excluding tert-OH is 1. The van der Waals surface area contributed by atoms with Gasteiger partial charge in [-0.15, -0.1) is 0 Å². The Morgan fingerprint density at radius 3 is 2.59 bits per heavy atom. The van der Waals surface area contributed by atoms with Gasteiger partial charge in [0.25, 0.3) is 0 Å². The van der Waals surface area contributed by atoms with E-state index < -0.39 is 12.1 Å². The number of benzene rings is 1. The summed E-state index contributed by atoms with van der Waals surface area (Å²) in [6, 6.07) is 8.02. The van der Waals surface area contributed by atoms with Crippen LogP contribution in [-0.2, 0) is 4.79 Å². The topological polar surface area (TPSA) is 130 Å². The number of nitrogen functional groups attached to an aromatic ring is 1. The second-order valence-electron chi connectivity index (χ2n) is 7.13. The van der Waals surface area contributed by atoms with Crippen molar-refractivity contribution in [1.82, 2.24) is 19.7 Å². The minimum Gasteiger partial charge on any atom is -0.475 e. The number of anilines is 2. The molecule has 1 saturated heterocycles. The lowest BCUT2D eigenvalue weighted by Crippen LogP contribution is -2.24. The van der Waals surface area contributed by atoms with Crippen LogP contribution >= 0.6 is 0 Å². The fraction of sp³-hybridized carbons (Fsp3) is 0.300. The SMILES string of the molecule is Cc1ccc(-c2cnc(N)c(N3CCC(O)C3)n2)c(-n2cccn2)c1.O=C(O)C(F)(F)F. The van der Waals surface area contributed by atoms with Gasteiger partial charge >= 0.3 is 12.1 Å². The molecule has 9 nitrogen and oxygen atoms in total. The first-order chi connectivity index (χ1) is 15.1. The van der Waals surface area contributed by atoms with Crippen molar-refractivity contribution in [2.24, 2.45) is 0 Å². The molecule has 1 unspecified atom stereocenters. The highest BCUT2D eigenvalue weighted by Gasteiger charge is 2.38. The number of carboxylic acids is 1. The van der Waals surface area contributed by atoms with Gasteiger partial charge in [-0.1, -0.05) is 12.1 Å². The number of nitrogens with two attached hydrogens (primary N) is 1. The van der Waals surface area contributed by atoms with E-state index in [1.165, 1.54) is 0 Å². The Morgan fingerprint density at radius 1 is 1.31 bits per heavy atom. The number of β-amino-alcohol motifs (C(OH)–C–C–N with tert-alkyl or cyclic N) is 1. The number of halogens is 3. The minimum absolute atomic E-state index is 0.344. The minimum atomic E-state index is -5.08. The number of nitrogens with zero attached hydrogens (tertiary/aromatic N) is 5. The van der Waals surface area contributed by atoms with E-state index in [4.69, 9.17) is 20.6 Å². The van der Waals surface area contributed by atoms with Crippen LogP contribution in [0.4, 0.5) is 24.8 Å². The Labute approximate surface area is 180 Å². The van der Waals surface area contributed by atoms with Crippen LogP contribution in [0.25, 0.3) is 16.9 Å². The maximum atomic E-state index is 10.6. The molecule has 170 valence electrons. The average Bonchev–Trinajstić information content (AvgIpc) is 3.40. The van der Waals surface area contributed by atoms with Crippen molar-refractivity contribution in [1.29, 1.82) is 0 Å². The lowest BCUT2D eigenvalue weighted by molar-refractivity contribution is -0.192. The zero-order chi connectivity index (χ0) is 23.5. The molecule has 3 aromatic rings. The van der Waals surface area contributed by atoms with Gasteiger partial charge in [0.2, 0.25) is 0 Å². The maximum absolute atomic E-state index is 10.6. The number of alkyl halides is 3. The third-order valence-electron chi connectivity index (χ3n) is 4.67. The van der Waals surface area contributed by atoms with Crippen LogP contribution in [0, 0.1) is 6.92 Å². The van der Waals surface area contributed by atoms with Gasteiger partial charge in [-0.05, 0) is 31.0 Å². The normalized spacial score (nSPS) is 15.9. The number of aliphatic carboxylic acids is 1. The zero-order valence-corrected chi connectivity index (χ0v) is 17.0. The summed E-state index contributed by atoms with van der Waals surface area (Å²) in [4.78, 5) is 20.0. The van der Waals surface area contributed by atoms with Crippen LogP contribution in [0.2, 0.25) is 0 Å². The van der Waals surface area contributed by atoms with Gasteiger partial charge in [0.15, 0.2) is 11.6 Å². The summed E-state index contributed by atoms with van der Waals surface area (Å²) in [6.07, 6.45) is 0.625. The standard InChI is InChI=1S/C18H20N6O.C2HF3O2/c1-12-3-4-14(16(9-12)24-7-2-6-21-24)15-10-20-17(19)18(22-15)23-8-5-13(25)11-23;3-2(4,5)1(6)7/h2-4,6-7,9-10,13,25H,5,8,11H2,1H3,(H2,19,20);(H,6,7). The first-order valence-electron chi connectivity index (χ1n) is 9.53. The van der Waals surface area contributed by atoms with Crippen LogP contribution in [-0.4, -0.2) is 61.3 Å². The molecule has 0 aliphatic carbocycles. The molecule has 4 rings (SSSR count). The second kappa shape index (κ2) is 9.22. The number of carboxylic acid groups (broad SMARTS) is 1. The fourth-order valence-corrected chi connectivity index (χ4v) is 3.14. The molecule has 4 N–H and O–H groups in total. The third-order valence-corrected chi connectivity index (χ3v) is 4.67. The highest BCUT2D eigenvalue weighted by molar-refractivity contribution is 5.73. The Bertz CT molecular complexity index is 1090. The monoisotopic (exact) mass is 450 g/mol. The number of hydrogen-bond donors (Lipinski definition) is 3. The van der Waals surface area contributed by atoms with Gasteiger partial charge < -0.3 is 20.8 Å². The average molecular weight is 450 g/mol. The fourth-order valence-electron chi connectivity index (χ4n) is 3.14. The van der Waals surface area contributed by atoms with E-state index in [1.807, 2.05) is 40.9 Å². The van der Waals surface area contributed by atoms with Crippen LogP contribution < -0.4 is 10.6 Å². The molecule has 12 heteroatoms. The number of aliphatic hydroxyl groups is 1. The van der Waals surface area contributed by atoms with E-state index in [0.29, 0.717) is 24.6 Å². The highest BCUT2D eigenvalue weighted by Crippen LogP contribution is 2.30. The van der Waals surface area contributed by atoms with Crippen molar-refractivity contribution in [3.63, 3.8) is 0 Å². The molecular formula is C20H21F3N6O3. The molecule has 2 aromatic heterocycles. The van der Waals surface area contributed by atoms with Gasteiger partial charge in [0.1, 0.15) is 0 Å². The predicted octanol–water partition coefficient (Wildman–Crippen LogP) is 2.42. The Hall–Kier alpha value is -3.67. The first kappa shape index (κ1) is 23.0. The molecule has 0 amide bonds. The lowest BCUT2D eigenvalue weighted by Gasteiger charge is -2.19. The Kier molecular flexibility index (Phi) is 6.63. The molecule has 0 bridgehead atoms. The van der Waals surface area contributed by atoms with Crippen LogP contribution in [0.1, 0.15) is 12.0 Å². The molecule has 1 aliphatic rings. The molecule has 0 radical (unpaired) electrons. The van der Waals surface area contributed by atoms with Crippen LogP contribution in [0.15, 0.2) is 42.9 Å². The molecule has 1 fully saturated rings. The summed E-state index contributed by atoms with van der Waals surface area (Å²) in [5.74, 6) is -1.75. The summed E-state index contributed by atoms with van der Waals surface area (Å²) in [6.45, 7) is 3.30. The van der Waals surface area contributed by atoms with E-state index in [-0.39, 0.29) is 6.10 Å². The second-order valence-corrected chi connectivity index (χ2v) is 7.13. The molecule has 1 aliphatic heterocycles. The van der Waals surface area contributed by atoms with E-state index in [9.17, 15) is 18.3 Å². The van der Waals surface area contributed by atoms with E-state index in [0.717, 1.165) is 29.1 Å². The van der Waals surface area contributed by atoms with Crippen molar-refractivity contribution >= 4 is 17.6 Å². The largest absolute Gasteiger partial charge is 0.490 e. The quantitative estimate of drug-likeness (QED) is 0.555. The Balaban J connectivity index is 0.000000360. The van der Waals surface area contributed by atoms with E-state index in [2.05, 4.69) is 16.1 Å². The predicted molar refractivity (Wildman–Crippen MR) is 110 cm³/mol. The first-order valence-corrected chi connectivity index (χ1v) is 9.53. The zero-order valence-electron chi connectivity index (χ0n) is 17.0. The van der Waals surface area contributed by atoms with E-state index >= 15 is 0 Å². The number of rotatable bonds is 3. The lowest BCUT2D eigenvalue weighted by atomic mass is 10.1. The number of hydrogen-bond acceptors (Lipinski definition) is 7. The third kappa shape index (κ3) is 5.32. The van der Waals surface area contributed by atoms with Crippen molar-refractivity contribution < 1.29 is 28.2 Å². The Morgan fingerprint density at radius 2 is 2.03 bits per heavy atom. The molecular weight excluding hydrogens is 429 g/mol. The van der Waals surface area contributed by atoms with Crippen molar-refractivity contribution in [2.75, 3.05) is 23.7 Å². The van der Waals surface area contributed by atoms with Crippen molar-refractivity contribution in [3.8, 4) is 16.9 Å².